The number of nitrogens with one attached hydrogen (secondary N) is 1. The number of ether oxygens (including phenoxy) is 2. The molecule has 0 spiro atoms. The van der Waals surface area contributed by atoms with Crippen molar-refractivity contribution in [1.29, 1.82) is 5.26 Å². The van der Waals surface area contributed by atoms with Crippen molar-refractivity contribution >= 4 is 28.8 Å². The van der Waals surface area contributed by atoms with Crippen molar-refractivity contribution in [3.8, 4) is 11.8 Å². The minimum Gasteiger partial charge on any atom is -0.493 e. The third-order valence-electron chi connectivity index (χ3n) is 7.91. The van der Waals surface area contributed by atoms with E-state index >= 15 is 0 Å². The van der Waals surface area contributed by atoms with E-state index in [9.17, 15) is 22.8 Å². The van der Waals surface area contributed by atoms with Crippen LogP contribution in [0.5, 0.6) is 5.75 Å². The molecule has 1 N–H and O–H groups in total. The van der Waals surface area contributed by atoms with Gasteiger partial charge in [-0.25, -0.2) is 9.80 Å². The lowest BCUT2D eigenvalue weighted by atomic mass is 9.94. The lowest BCUT2D eigenvalue weighted by Gasteiger charge is -2.33. The first-order chi connectivity index (χ1) is 20.5. The van der Waals surface area contributed by atoms with Crippen LogP contribution in [0, 0.1) is 17.2 Å². The van der Waals surface area contributed by atoms with Crippen LogP contribution in [-0.2, 0) is 22.1 Å². The number of halogens is 3. The van der Waals surface area contributed by atoms with Crippen molar-refractivity contribution in [1.82, 2.24) is 9.73 Å². The predicted octanol–water partition coefficient (Wildman–Crippen LogP) is 7.16. The number of hydrazine groups is 1. The molecular weight excluding hydrogens is 593 g/mol. The van der Waals surface area contributed by atoms with Gasteiger partial charge < -0.3 is 14.4 Å². The van der Waals surface area contributed by atoms with Crippen LogP contribution < -0.4 is 14.6 Å². The number of nitrogens with zero attached hydrogens (tertiary/aromatic N) is 3. The van der Waals surface area contributed by atoms with Crippen LogP contribution in [0.15, 0.2) is 41.3 Å². The number of likely N-dealkylation sites (tertiary alicyclic amines) is 1. The van der Waals surface area contributed by atoms with E-state index in [1.54, 1.807) is 24.8 Å². The van der Waals surface area contributed by atoms with Crippen molar-refractivity contribution in [2.24, 2.45) is 5.92 Å². The van der Waals surface area contributed by atoms with Gasteiger partial charge >= 0.3 is 12.3 Å². The molecule has 0 saturated carbocycles. The van der Waals surface area contributed by atoms with E-state index in [4.69, 9.17) is 14.7 Å². The highest BCUT2D eigenvalue weighted by atomic mass is 32.2. The maximum Gasteiger partial charge on any atom is 0.417 e. The van der Waals surface area contributed by atoms with E-state index in [2.05, 4.69) is 4.83 Å². The molecule has 2 fully saturated rings. The van der Waals surface area contributed by atoms with Gasteiger partial charge in [0.2, 0.25) is 0 Å². The van der Waals surface area contributed by atoms with Crippen molar-refractivity contribution < 1.29 is 32.2 Å². The fraction of sp³-hybridized carbons (Fsp3) is 0.531. The van der Waals surface area contributed by atoms with Gasteiger partial charge in [-0.3, -0.25) is 4.79 Å². The number of hydrogen-bond acceptors (Lipinski definition) is 6. The smallest absolute Gasteiger partial charge is 0.417 e. The zero-order valence-corrected chi connectivity index (χ0v) is 26.9. The summed E-state index contributed by atoms with van der Waals surface area (Å²) >= 11 is -1.33. The second-order valence-corrected chi connectivity index (χ2v) is 15.2. The number of anilines is 1. The maximum absolute atomic E-state index is 13.6. The zero-order valence-electron chi connectivity index (χ0n) is 26.0. The number of alkyl halides is 3. The highest BCUT2D eigenvalue weighted by molar-refractivity contribution is 8.17. The highest BCUT2D eigenvalue weighted by Crippen LogP contribution is 2.52. The van der Waals surface area contributed by atoms with Crippen LogP contribution >= 0.6 is 11.1 Å². The Morgan fingerprint density at radius 2 is 1.82 bits per heavy atom. The number of hydrogen-bond donors (Lipinski definition) is 2. The van der Waals surface area contributed by atoms with E-state index in [0.717, 1.165) is 47.6 Å². The summed E-state index contributed by atoms with van der Waals surface area (Å²) in [5, 5.41) is 10.3. The molecule has 2 aromatic carbocycles. The van der Waals surface area contributed by atoms with Gasteiger partial charge in [-0.15, -0.1) is 11.1 Å². The van der Waals surface area contributed by atoms with Gasteiger partial charge in [0.05, 0.1) is 34.2 Å². The van der Waals surface area contributed by atoms with Crippen LogP contribution in [0.2, 0.25) is 0 Å². The van der Waals surface area contributed by atoms with Crippen LogP contribution in [0.25, 0.3) is 0 Å². The summed E-state index contributed by atoms with van der Waals surface area (Å²) in [5.74, 6) is 0.860. The molecule has 2 amide bonds. The monoisotopic (exact) mass is 634 g/mol. The van der Waals surface area contributed by atoms with Crippen molar-refractivity contribution in [3.05, 3.63) is 53.1 Å². The largest absolute Gasteiger partial charge is 0.493 e. The van der Waals surface area contributed by atoms with Crippen molar-refractivity contribution in [2.45, 2.75) is 88.6 Å². The number of carbonyl (C=O) groups excluding carboxylic acids is 2. The quantitative estimate of drug-likeness (QED) is 0.314. The molecule has 2 heterocycles. The first-order valence-corrected chi connectivity index (χ1v) is 16.2. The van der Waals surface area contributed by atoms with Gasteiger partial charge in [-0.1, -0.05) is 6.92 Å². The molecule has 2 aliphatic heterocycles. The van der Waals surface area contributed by atoms with Crippen LogP contribution in [0.3, 0.4) is 0 Å². The lowest BCUT2D eigenvalue weighted by Crippen LogP contribution is -2.41. The molecule has 240 valence electrons. The fourth-order valence-electron chi connectivity index (χ4n) is 5.39. The summed E-state index contributed by atoms with van der Waals surface area (Å²) < 4.78 is 51.6. The topological polar surface area (TPSA) is 94.9 Å². The Labute approximate surface area is 259 Å². The van der Waals surface area contributed by atoms with Gasteiger partial charge in [0, 0.05) is 18.0 Å². The second-order valence-electron chi connectivity index (χ2n) is 12.7. The number of benzene rings is 2. The number of piperidine rings is 1. The van der Waals surface area contributed by atoms with Gasteiger partial charge in [-0.05, 0) is 108 Å². The van der Waals surface area contributed by atoms with Crippen LogP contribution in [-0.4, -0.2) is 46.9 Å². The minimum absolute atomic E-state index is 0.0343. The van der Waals surface area contributed by atoms with Crippen molar-refractivity contribution in [3.63, 3.8) is 0 Å². The third-order valence-corrected chi connectivity index (χ3v) is 10.4. The molecule has 2 aromatic rings. The molecule has 1 unspecified atom stereocenters. The summed E-state index contributed by atoms with van der Waals surface area (Å²) in [6.45, 7) is 13.0. The molecular formula is C32H41F3N4O4S. The molecule has 2 saturated heterocycles. The molecule has 8 nitrogen and oxygen atoms in total. The number of thiol groups is 1. The summed E-state index contributed by atoms with van der Waals surface area (Å²) in [4.78, 5) is 31.6. The Kier molecular flexibility index (Phi) is 9.81. The van der Waals surface area contributed by atoms with E-state index in [0.29, 0.717) is 32.0 Å². The van der Waals surface area contributed by atoms with Gasteiger partial charge in [0.25, 0.3) is 5.91 Å². The Morgan fingerprint density at radius 3 is 2.41 bits per heavy atom. The van der Waals surface area contributed by atoms with Crippen LogP contribution in [0.1, 0.15) is 77.5 Å². The SMILES string of the molecule is CCc1cc([SH]2NN(c3ccc(C#N)c(C(F)(F)F)c3)C(=O)C2(C)C)ccc1OCCC1CCN(C(=O)OC(C)(C)C)CC1. The summed E-state index contributed by atoms with van der Waals surface area (Å²) in [7, 11) is 0. The average Bonchev–Trinajstić information content (AvgIpc) is 3.20. The van der Waals surface area contributed by atoms with Crippen LogP contribution in [0.4, 0.5) is 23.7 Å². The van der Waals surface area contributed by atoms with E-state index in [1.165, 1.54) is 11.1 Å². The molecule has 0 radical (unpaired) electrons. The Hall–Kier alpha value is -3.43. The van der Waals surface area contributed by atoms with Gasteiger partial charge in [0.15, 0.2) is 0 Å². The number of carbonyl (C=O) groups is 2. The molecule has 12 heteroatoms. The summed E-state index contributed by atoms with van der Waals surface area (Å²) in [6.07, 6.45) is -1.66. The maximum atomic E-state index is 13.6. The minimum atomic E-state index is -4.73. The highest BCUT2D eigenvalue weighted by Gasteiger charge is 2.47. The second kappa shape index (κ2) is 12.9. The number of aryl methyl sites for hydroxylation is 1. The molecule has 0 aromatic heterocycles. The summed E-state index contributed by atoms with van der Waals surface area (Å²) in [6, 6.07) is 10.7. The van der Waals surface area contributed by atoms with E-state index in [-0.39, 0.29) is 17.7 Å². The Morgan fingerprint density at radius 1 is 1.14 bits per heavy atom. The van der Waals surface area contributed by atoms with Gasteiger partial charge in [0.1, 0.15) is 11.4 Å². The standard InChI is InChI=1S/C32H41F3N4O4S/c1-7-22-18-25(10-11-27(22)42-17-14-21-12-15-38(16-13-21)29(41)43-30(2,3)4)44-31(5,6)28(40)39(37-44)24-9-8-23(20-36)26(19-24)32(33,34)35/h8-11,18-19,21,37,44H,7,12-17H2,1-6H3. The summed E-state index contributed by atoms with van der Waals surface area (Å²) in [5.41, 5.74) is -1.08. The molecule has 44 heavy (non-hydrogen) atoms. The fourth-order valence-corrected chi connectivity index (χ4v) is 7.60. The first kappa shape index (κ1) is 33.5. The van der Waals surface area contributed by atoms with E-state index in [1.807, 2.05) is 45.9 Å². The first-order valence-electron chi connectivity index (χ1n) is 14.8. The molecule has 0 bridgehead atoms. The number of amides is 2. The Bertz CT molecular complexity index is 1430. The van der Waals surface area contributed by atoms with Crippen molar-refractivity contribution in [2.75, 3.05) is 24.7 Å². The molecule has 2 aliphatic rings. The number of nitriles is 1. The Balaban J connectivity index is 1.41. The number of rotatable bonds is 7. The zero-order chi connectivity index (χ0) is 32.4. The molecule has 1 atom stereocenters. The van der Waals surface area contributed by atoms with Gasteiger partial charge in [-0.2, -0.15) is 23.3 Å². The lowest BCUT2D eigenvalue weighted by molar-refractivity contribution is -0.137. The molecule has 0 aliphatic carbocycles. The molecule has 4 rings (SSSR count). The van der Waals surface area contributed by atoms with E-state index < -0.39 is 38.7 Å². The normalized spacial score (nSPS) is 20.0. The third kappa shape index (κ3) is 7.44. The average molecular weight is 635 g/mol. The predicted molar refractivity (Wildman–Crippen MR) is 165 cm³/mol.